The van der Waals surface area contributed by atoms with Gasteiger partial charge < -0.3 is 21.3 Å². The maximum absolute atomic E-state index is 11.8. The minimum atomic E-state index is -1.31. The molecule has 0 saturated carbocycles. The highest BCUT2D eigenvalue weighted by Gasteiger charge is 2.22. The predicted molar refractivity (Wildman–Crippen MR) is 64.8 cm³/mol. The molecule has 0 aliphatic rings. The van der Waals surface area contributed by atoms with Gasteiger partial charge in [-0.3, -0.25) is 14.3 Å². The zero-order valence-corrected chi connectivity index (χ0v) is 10.5. The van der Waals surface area contributed by atoms with Gasteiger partial charge in [-0.25, -0.2) is 4.79 Å². The standard InChI is InChI=1S/C10H15N5O5/c11-3-4-15-5-7(13-14-15)9(18)12-6(10(19)20)1-2-8(16)17/h5-6H,1-4,11H2,(H,12,18)(H,16,17)(H,19,20). The highest BCUT2D eigenvalue weighted by atomic mass is 16.4. The average molecular weight is 285 g/mol. The van der Waals surface area contributed by atoms with Gasteiger partial charge in [0.05, 0.1) is 12.7 Å². The Bertz CT molecular complexity index is 500. The number of amides is 1. The van der Waals surface area contributed by atoms with Crippen LogP contribution in [0.3, 0.4) is 0 Å². The number of hydrogen-bond donors (Lipinski definition) is 4. The fourth-order valence-corrected chi connectivity index (χ4v) is 1.40. The molecule has 1 unspecified atom stereocenters. The largest absolute Gasteiger partial charge is 0.481 e. The molecule has 1 aromatic rings. The van der Waals surface area contributed by atoms with Crippen LogP contribution in [0.2, 0.25) is 0 Å². The first-order chi connectivity index (χ1) is 9.43. The second-order valence-corrected chi connectivity index (χ2v) is 3.95. The number of carbonyl (C=O) groups is 3. The van der Waals surface area contributed by atoms with Crippen LogP contribution in [-0.4, -0.2) is 55.6 Å². The Morgan fingerprint density at radius 3 is 2.65 bits per heavy atom. The number of nitrogens with one attached hydrogen (secondary N) is 1. The molecule has 5 N–H and O–H groups in total. The molecule has 1 amide bonds. The van der Waals surface area contributed by atoms with E-state index in [1.165, 1.54) is 10.9 Å². The van der Waals surface area contributed by atoms with E-state index < -0.39 is 23.9 Å². The fraction of sp³-hybridized carbons (Fsp3) is 0.500. The van der Waals surface area contributed by atoms with Gasteiger partial charge in [0.2, 0.25) is 0 Å². The maximum atomic E-state index is 11.8. The minimum absolute atomic E-state index is 0.0555. The van der Waals surface area contributed by atoms with Crippen LogP contribution in [0.4, 0.5) is 0 Å². The van der Waals surface area contributed by atoms with Crippen molar-refractivity contribution in [2.45, 2.75) is 25.4 Å². The first kappa shape index (κ1) is 15.6. The Hall–Kier alpha value is -2.49. The lowest BCUT2D eigenvalue weighted by molar-refractivity contribution is -0.140. The van der Waals surface area contributed by atoms with Crippen LogP contribution in [0.5, 0.6) is 0 Å². The van der Waals surface area contributed by atoms with Crippen molar-refractivity contribution in [3.63, 3.8) is 0 Å². The Morgan fingerprint density at radius 1 is 1.40 bits per heavy atom. The van der Waals surface area contributed by atoms with Crippen molar-refractivity contribution >= 4 is 17.8 Å². The number of aliphatic carboxylic acids is 2. The summed E-state index contributed by atoms with van der Waals surface area (Å²) in [6.45, 7) is 0.697. The molecule has 10 heteroatoms. The number of aromatic nitrogens is 3. The lowest BCUT2D eigenvalue weighted by Gasteiger charge is -2.11. The van der Waals surface area contributed by atoms with Crippen LogP contribution >= 0.6 is 0 Å². The van der Waals surface area contributed by atoms with Crippen molar-refractivity contribution in [1.82, 2.24) is 20.3 Å². The second kappa shape index (κ2) is 7.19. The fourth-order valence-electron chi connectivity index (χ4n) is 1.40. The van der Waals surface area contributed by atoms with Crippen molar-refractivity contribution in [2.24, 2.45) is 5.73 Å². The van der Waals surface area contributed by atoms with E-state index in [2.05, 4.69) is 15.6 Å². The van der Waals surface area contributed by atoms with Crippen LogP contribution in [-0.2, 0) is 16.1 Å². The van der Waals surface area contributed by atoms with E-state index in [0.29, 0.717) is 13.1 Å². The molecule has 20 heavy (non-hydrogen) atoms. The average Bonchev–Trinajstić information content (AvgIpc) is 2.82. The molecule has 1 atom stereocenters. The van der Waals surface area contributed by atoms with Gasteiger partial charge in [0, 0.05) is 13.0 Å². The van der Waals surface area contributed by atoms with E-state index >= 15 is 0 Å². The van der Waals surface area contributed by atoms with E-state index in [4.69, 9.17) is 15.9 Å². The van der Waals surface area contributed by atoms with Crippen LogP contribution < -0.4 is 11.1 Å². The van der Waals surface area contributed by atoms with Gasteiger partial charge >= 0.3 is 11.9 Å². The predicted octanol–water partition coefficient (Wildman–Crippen LogP) is -1.72. The Labute approximate surface area is 113 Å². The maximum Gasteiger partial charge on any atom is 0.326 e. The quantitative estimate of drug-likeness (QED) is 0.438. The molecule has 0 fully saturated rings. The number of carbonyl (C=O) groups excluding carboxylic acids is 1. The summed E-state index contributed by atoms with van der Waals surface area (Å²) in [6.07, 6.45) is 0.753. The smallest absolute Gasteiger partial charge is 0.326 e. The van der Waals surface area contributed by atoms with Gasteiger partial charge in [0.25, 0.3) is 5.91 Å². The van der Waals surface area contributed by atoms with Gasteiger partial charge in [0.1, 0.15) is 6.04 Å². The summed E-state index contributed by atoms with van der Waals surface area (Å²) in [7, 11) is 0. The number of hydrogen-bond acceptors (Lipinski definition) is 6. The van der Waals surface area contributed by atoms with Gasteiger partial charge in [-0.15, -0.1) is 5.10 Å². The molecule has 110 valence electrons. The van der Waals surface area contributed by atoms with Crippen molar-refractivity contribution in [3.8, 4) is 0 Å². The van der Waals surface area contributed by atoms with Gasteiger partial charge in [0.15, 0.2) is 5.69 Å². The first-order valence-corrected chi connectivity index (χ1v) is 5.79. The molecule has 0 aliphatic heterocycles. The molecule has 1 aromatic heterocycles. The van der Waals surface area contributed by atoms with Crippen molar-refractivity contribution in [1.29, 1.82) is 0 Å². The van der Waals surface area contributed by atoms with Crippen molar-refractivity contribution in [3.05, 3.63) is 11.9 Å². The number of nitrogens with two attached hydrogens (primary N) is 1. The monoisotopic (exact) mass is 285 g/mol. The van der Waals surface area contributed by atoms with Crippen molar-refractivity contribution in [2.75, 3.05) is 6.54 Å². The topological polar surface area (TPSA) is 160 Å². The molecule has 0 saturated heterocycles. The second-order valence-electron chi connectivity index (χ2n) is 3.95. The number of nitrogens with zero attached hydrogens (tertiary/aromatic N) is 3. The van der Waals surface area contributed by atoms with Crippen molar-refractivity contribution < 1.29 is 24.6 Å². The third kappa shape index (κ3) is 4.65. The Balaban J connectivity index is 2.64. The molecule has 10 nitrogen and oxygen atoms in total. The van der Waals surface area contributed by atoms with E-state index in [1.807, 2.05) is 0 Å². The first-order valence-electron chi connectivity index (χ1n) is 5.79. The van der Waals surface area contributed by atoms with E-state index in [0.717, 1.165) is 0 Å². The molecule has 0 radical (unpaired) electrons. The SMILES string of the molecule is NCCn1cc(C(=O)NC(CCC(=O)O)C(=O)O)nn1. The van der Waals surface area contributed by atoms with Gasteiger partial charge in [-0.05, 0) is 6.42 Å². The molecule has 1 heterocycles. The van der Waals surface area contributed by atoms with Gasteiger partial charge in [-0.1, -0.05) is 5.21 Å². The van der Waals surface area contributed by atoms with Crippen LogP contribution in [0.25, 0.3) is 0 Å². The number of carboxylic acid groups (broad SMARTS) is 2. The molecule has 0 bridgehead atoms. The molecule has 0 aromatic carbocycles. The third-order valence-corrected chi connectivity index (χ3v) is 2.38. The van der Waals surface area contributed by atoms with E-state index in [1.54, 1.807) is 0 Å². The number of rotatable bonds is 8. The lowest BCUT2D eigenvalue weighted by atomic mass is 10.1. The molecular weight excluding hydrogens is 270 g/mol. The minimum Gasteiger partial charge on any atom is -0.481 e. The summed E-state index contributed by atoms with van der Waals surface area (Å²) in [5.74, 6) is -3.18. The van der Waals surface area contributed by atoms with Crippen LogP contribution in [0, 0.1) is 0 Å². The zero-order valence-electron chi connectivity index (χ0n) is 10.5. The summed E-state index contributed by atoms with van der Waals surface area (Å²) in [4.78, 5) is 33.1. The molecular formula is C10H15N5O5. The summed E-state index contributed by atoms with van der Waals surface area (Å²) in [5.41, 5.74) is 5.26. The normalized spacial score (nSPS) is 11.8. The summed E-state index contributed by atoms with van der Waals surface area (Å²) in [5, 5.41) is 26.8. The number of carboxylic acids is 2. The zero-order chi connectivity index (χ0) is 15.1. The lowest BCUT2D eigenvalue weighted by Crippen LogP contribution is -2.41. The summed E-state index contributed by atoms with van der Waals surface area (Å²) >= 11 is 0. The van der Waals surface area contributed by atoms with Gasteiger partial charge in [-0.2, -0.15) is 0 Å². The summed E-state index contributed by atoms with van der Waals surface area (Å²) < 4.78 is 1.35. The van der Waals surface area contributed by atoms with E-state index in [-0.39, 0.29) is 18.5 Å². The van der Waals surface area contributed by atoms with E-state index in [9.17, 15) is 14.4 Å². The Morgan fingerprint density at radius 2 is 2.10 bits per heavy atom. The highest BCUT2D eigenvalue weighted by molar-refractivity contribution is 5.94. The molecule has 0 aliphatic carbocycles. The van der Waals surface area contributed by atoms with Crippen LogP contribution in [0.1, 0.15) is 23.3 Å². The van der Waals surface area contributed by atoms with Crippen LogP contribution in [0.15, 0.2) is 6.20 Å². The highest BCUT2D eigenvalue weighted by Crippen LogP contribution is 2.01. The molecule has 0 spiro atoms. The third-order valence-electron chi connectivity index (χ3n) is 2.38. The Kier molecular flexibility index (Phi) is 5.59. The molecule has 1 rings (SSSR count). The summed E-state index contributed by atoms with van der Waals surface area (Å²) in [6, 6.07) is -1.29.